The van der Waals surface area contributed by atoms with Gasteiger partial charge in [-0.2, -0.15) is 13.2 Å². The zero-order valence-corrected chi connectivity index (χ0v) is 14.2. The number of hydrogen-bond acceptors (Lipinski definition) is 3. The molecule has 0 radical (unpaired) electrons. The lowest BCUT2D eigenvalue weighted by atomic mass is 10.1. The van der Waals surface area contributed by atoms with Gasteiger partial charge >= 0.3 is 6.18 Å². The van der Waals surface area contributed by atoms with Gasteiger partial charge in [0.1, 0.15) is 5.82 Å². The Morgan fingerprint density at radius 2 is 1.76 bits per heavy atom. The van der Waals surface area contributed by atoms with Gasteiger partial charge in [0.25, 0.3) is 0 Å². The van der Waals surface area contributed by atoms with Crippen molar-refractivity contribution in [2.24, 2.45) is 0 Å². The average molecular weight is 360 g/mol. The van der Waals surface area contributed by atoms with Crippen LogP contribution in [0.15, 0.2) is 65.7 Å². The molecule has 2 aromatic carbocycles. The van der Waals surface area contributed by atoms with Crippen LogP contribution in [-0.4, -0.2) is 9.97 Å². The first kappa shape index (κ1) is 17.5. The quantitative estimate of drug-likeness (QED) is 0.553. The first-order chi connectivity index (χ1) is 11.9. The number of nitrogens with zero attached hydrogens (tertiary/aromatic N) is 2. The molecule has 0 bridgehead atoms. The molecule has 0 N–H and O–H groups in total. The van der Waals surface area contributed by atoms with Gasteiger partial charge in [0.15, 0.2) is 0 Å². The Bertz CT molecular complexity index is 861. The molecule has 2 nitrogen and oxygen atoms in total. The van der Waals surface area contributed by atoms with E-state index in [1.54, 1.807) is 24.0 Å². The highest BCUT2D eigenvalue weighted by Gasteiger charge is 2.30. The second-order valence-corrected chi connectivity index (χ2v) is 6.59. The summed E-state index contributed by atoms with van der Waals surface area (Å²) in [6, 6.07) is 14.8. The van der Waals surface area contributed by atoms with Crippen molar-refractivity contribution in [1.29, 1.82) is 0 Å². The van der Waals surface area contributed by atoms with E-state index >= 15 is 0 Å². The molecule has 0 atom stereocenters. The van der Waals surface area contributed by atoms with Crippen molar-refractivity contribution in [3.05, 3.63) is 77.7 Å². The summed E-state index contributed by atoms with van der Waals surface area (Å²) in [4.78, 5) is 9.83. The SMILES string of the molecule is Cc1cccc(SCc2nccc(-c3ccc(C(F)(F)F)cc3)n2)c1. The van der Waals surface area contributed by atoms with Gasteiger partial charge in [0.2, 0.25) is 0 Å². The number of aryl methyl sites for hydroxylation is 1. The average Bonchev–Trinajstić information content (AvgIpc) is 2.60. The highest BCUT2D eigenvalue weighted by atomic mass is 32.2. The van der Waals surface area contributed by atoms with E-state index in [9.17, 15) is 13.2 Å². The molecule has 0 aliphatic carbocycles. The molecule has 1 heterocycles. The van der Waals surface area contributed by atoms with Crippen LogP contribution in [0.25, 0.3) is 11.3 Å². The minimum atomic E-state index is -4.33. The van der Waals surface area contributed by atoms with E-state index in [4.69, 9.17) is 0 Å². The largest absolute Gasteiger partial charge is 0.416 e. The maximum Gasteiger partial charge on any atom is 0.416 e. The van der Waals surface area contributed by atoms with Crippen LogP contribution in [0.5, 0.6) is 0 Å². The Kier molecular flexibility index (Phi) is 5.08. The second-order valence-electron chi connectivity index (χ2n) is 5.54. The Hall–Kier alpha value is -2.34. The molecule has 0 aliphatic heterocycles. The standard InChI is InChI=1S/C19H15F3N2S/c1-13-3-2-4-16(11-13)25-12-18-23-10-9-17(24-18)14-5-7-15(8-6-14)19(20,21)22/h2-11H,12H2,1H3. The fraction of sp³-hybridized carbons (Fsp3) is 0.158. The number of rotatable bonds is 4. The van der Waals surface area contributed by atoms with Crippen LogP contribution in [0.4, 0.5) is 13.2 Å². The molecule has 3 aromatic rings. The number of hydrogen-bond donors (Lipinski definition) is 0. The smallest absolute Gasteiger partial charge is 0.240 e. The topological polar surface area (TPSA) is 25.8 Å². The molecule has 3 rings (SSSR count). The molecule has 128 valence electrons. The first-order valence-electron chi connectivity index (χ1n) is 7.61. The Labute approximate surface area is 148 Å². The van der Waals surface area contributed by atoms with Crippen molar-refractivity contribution in [2.75, 3.05) is 0 Å². The lowest BCUT2D eigenvalue weighted by Crippen LogP contribution is -2.04. The molecular weight excluding hydrogens is 345 g/mol. The van der Waals surface area contributed by atoms with Gasteiger partial charge in [-0.05, 0) is 37.3 Å². The number of thioether (sulfide) groups is 1. The predicted octanol–water partition coefficient (Wildman–Crippen LogP) is 5.76. The van der Waals surface area contributed by atoms with Crippen molar-refractivity contribution >= 4 is 11.8 Å². The highest BCUT2D eigenvalue weighted by molar-refractivity contribution is 7.98. The molecule has 0 aliphatic rings. The molecule has 0 saturated heterocycles. The number of halogens is 3. The van der Waals surface area contributed by atoms with Gasteiger partial charge in [0, 0.05) is 16.7 Å². The van der Waals surface area contributed by atoms with Crippen LogP contribution in [0, 0.1) is 6.92 Å². The molecule has 0 fully saturated rings. The van der Waals surface area contributed by atoms with Crippen molar-refractivity contribution in [2.45, 2.75) is 23.7 Å². The lowest BCUT2D eigenvalue weighted by molar-refractivity contribution is -0.137. The molecule has 6 heteroatoms. The summed E-state index contributed by atoms with van der Waals surface area (Å²) in [5.74, 6) is 1.24. The number of alkyl halides is 3. The Morgan fingerprint density at radius 3 is 2.44 bits per heavy atom. The minimum absolute atomic E-state index is 0.595. The van der Waals surface area contributed by atoms with Crippen LogP contribution in [0.1, 0.15) is 17.0 Å². The summed E-state index contributed by atoms with van der Waals surface area (Å²) in [7, 11) is 0. The lowest BCUT2D eigenvalue weighted by Gasteiger charge is -2.08. The summed E-state index contributed by atoms with van der Waals surface area (Å²) in [5, 5.41) is 0. The van der Waals surface area contributed by atoms with Gasteiger partial charge in [0.05, 0.1) is 17.0 Å². The van der Waals surface area contributed by atoms with E-state index in [0.29, 0.717) is 22.8 Å². The second kappa shape index (κ2) is 7.27. The maximum atomic E-state index is 12.6. The fourth-order valence-corrected chi connectivity index (χ4v) is 3.19. The summed E-state index contributed by atoms with van der Waals surface area (Å²) in [6.07, 6.45) is -2.70. The third-order valence-corrected chi connectivity index (χ3v) is 4.56. The van der Waals surface area contributed by atoms with E-state index in [2.05, 4.69) is 16.0 Å². The Morgan fingerprint density at radius 1 is 1.00 bits per heavy atom. The van der Waals surface area contributed by atoms with E-state index in [1.165, 1.54) is 17.7 Å². The van der Waals surface area contributed by atoms with E-state index in [-0.39, 0.29) is 0 Å². The summed E-state index contributed by atoms with van der Waals surface area (Å²) in [6.45, 7) is 2.03. The van der Waals surface area contributed by atoms with Crippen molar-refractivity contribution in [1.82, 2.24) is 9.97 Å². The normalized spacial score (nSPS) is 11.5. The van der Waals surface area contributed by atoms with Crippen molar-refractivity contribution in [3.63, 3.8) is 0 Å². The van der Waals surface area contributed by atoms with Gasteiger partial charge < -0.3 is 0 Å². The predicted molar refractivity (Wildman–Crippen MR) is 93.2 cm³/mol. The third-order valence-electron chi connectivity index (χ3n) is 3.57. The summed E-state index contributed by atoms with van der Waals surface area (Å²) >= 11 is 1.62. The molecular formula is C19H15F3N2S. The first-order valence-corrected chi connectivity index (χ1v) is 8.59. The Balaban J connectivity index is 1.75. The number of aromatic nitrogens is 2. The monoisotopic (exact) mass is 360 g/mol. The van der Waals surface area contributed by atoms with Crippen LogP contribution in [-0.2, 0) is 11.9 Å². The molecule has 1 aromatic heterocycles. The van der Waals surface area contributed by atoms with Crippen LogP contribution < -0.4 is 0 Å². The van der Waals surface area contributed by atoms with Gasteiger partial charge in [-0.1, -0.05) is 29.8 Å². The van der Waals surface area contributed by atoms with Crippen molar-refractivity contribution < 1.29 is 13.2 Å². The minimum Gasteiger partial charge on any atom is -0.240 e. The van der Waals surface area contributed by atoms with E-state index in [0.717, 1.165) is 17.0 Å². The molecule has 0 saturated carbocycles. The van der Waals surface area contributed by atoms with Gasteiger partial charge in [-0.3, -0.25) is 0 Å². The van der Waals surface area contributed by atoms with Gasteiger partial charge in [-0.25, -0.2) is 9.97 Å². The maximum absolute atomic E-state index is 12.6. The summed E-state index contributed by atoms with van der Waals surface area (Å²) < 4.78 is 37.9. The highest BCUT2D eigenvalue weighted by Crippen LogP contribution is 2.30. The fourth-order valence-electron chi connectivity index (χ4n) is 2.31. The third kappa shape index (κ3) is 4.60. The molecule has 0 unspecified atom stereocenters. The van der Waals surface area contributed by atoms with Crippen LogP contribution in [0.2, 0.25) is 0 Å². The zero-order chi connectivity index (χ0) is 17.9. The number of benzene rings is 2. The zero-order valence-electron chi connectivity index (χ0n) is 13.4. The summed E-state index contributed by atoms with van der Waals surface area (Å²) in [5.41, 5.74) is 1.77. The van der Waals surface area contributed by atoms with E-state index in [1.807, 2.05) is 25.1 Å². The van der Waals surface area contributed by atoms with Crippen molar-refractivity contribution in [3.8, 4) is 11.3 Å². The molecule has 0 amide bonds. The van der Waals surface area contributed by atoms with Gasteiger partial charge in [-0.15, -0.1) is 11.8 Å². The van der Waals surface area contributed by atoms with Crippen LogP contribution in [0.3, 0.4) is 0 Å². The molecule has 0 spiro atoms. The van der Waals surface area contributed by atoms with E-state index < -0.39 is 11.7 Å². The molecule has 25 heavy (non-hydrogen) atoms. The van der Waals surface area contributed by atoms with Crippen LogP contribution >= 0.6 is 11.8 Å².